The van der Waals surface area contributed by atoms with Crippen molar-refractivity contribution in [1.82, 2.24) is 9.80 Å². The molecule has 0 spiro atoms. The van der Waals surface area contributed by atoms with Crippen LogP contribution in [0.5, 0.6) is 5.75 Å². The summed E-state index contributed by atoms with van der Waals surface area (Å²) in [6.07, 6.45) is 3.56. The van der Waals surface area contributed by atoms with E-state index >= 15 is 0 Å². The molecule has 1 aromatic rings. The molecule has 25 heavy (non-hydrogen) atoms. The SMILES string of the molecule is C[C@@H]1C[C@@H]1C(=O)N1CCN(C(=O)c2ccc(OCC3CC3)cc2)CC1. The van der Waals surface area contributed by atoms with Crippen LogP contribution in [0.2, 0.25) is 0 Å². The number of piperazine rings is 1. The molecule has 1 heterocycles. The van der Waals surface area contributed by atoms with Crippen LogP contribution in [0.25, 0.3) is 0 Å². The van der Waals surface area contributed by atoms with Crippen molar-refractivity contribution >= 4 is 11.8 Å². The number of carbonyl (C=O) groups excluding carboxylic acids is 2. The van der Waals surface area contributed by atoms with Crippen molar-refractivity contribution in [2.45, 2.75) is 26.2 Å². The van der Waals surface area contributed by atoms with Gasteiger partial charge in [-0.05, 0) is 55.4 Å². The molecule has 3 aliphatic rings. The number of carbonyl (C=O) groups is 2. The van der Waals surface area contributed by atoms with Gasteiger partial charge in [-0.3, -0.25) is 9.59 Å². The molecule has 2 amide bonds. The van der Waals surface area contributed by atoms with E-state index in [-0.39, 0.29) is 17.7 Å². The molecule has 5 nitrogen and oxygen atoms in total. The third-order valence-electron chi connectivity index (χ3n) is 5.59. The highest BCUT2D eigenvalue weighted by atomic mass is 16.5. The van der Waals surface area contributed by atoms with Crippen LogP contribution in [0.4, 0.5) is 0 Å². The van der Waals surface area contributed by atoms with E-state index in [9.17, 15) is 9.59 Å². The van der Waals surface area contributed by atoms with Gasteiger partial charge in [-0.2, -0.15) is 0 Å². The molecule has 1 aliphatic heterocycles. The number of ether oxygens (including phenoxy) is 1. The monoisotopic (exact) mass is 342 g/mol. The van der Waals surface area contributed by atoms with Crippen LogP contribution in [0.1, 0.15) is 36.5 Å². The van der Waals surface area contributed by atoms with Gasteiger partial charge in [-0.15, -0.1) is 0 Å². The number of benzene rings is 1. The van der Waals surface area contributed by atoms with Crippen LogP contribution < -0.4 is 4.74 Å². The molecular weight excluding hydrogens is 316 g/mol. The summed E-state index contributed by atoms with van der Waals surface area (Å²) in [5, 5.41) is 0. The van der Waals surface area contributed by atoms with Crippen LogP contribution in [-0.4, -0.2) is 54.4 Å². The molecule has 2 atom stereocenters. The van der Waals surface area contributed by atoms with Crippen molar-refractivity contribution in [3.8, 4) is 5.75 Å². The van der Waals surface area contributed by atoms with E-state index in [1.807, 2.05) is 34.1 Å². The smallest absolute Gasteiger partial charge is 0.253 e. The van der Waals surface area contributed by atoms with Crippen molar-refractivity contribution in [2.75, 3.05) is 32.8 Å². The van der Waals surface area contributed by atoms with E-state index in [1.54, 1.807) is 0 Å². The van der Waals surface area contributed by atoms with Crippen LogP contribution in [0.3, 0.4) is 0 Å². The molecule has 0 aromatic heterocycles. The minimum Gasteiger partial charge on any atom is -0.493 e. The standard InChI is InChI=1S/C20H26N2O3/c1-14-12-18(14)20(24)22-10-8-21(9-11-22)19(23)16-4-6-17(7-5-16)25-13-15-2-3-15/h4-7,14-15,18H,2-3,8-13H2,1H3/t14-,18+/m1/s1. The lowest BCUT2D eigenvalue weighted by atomic mass is 10.1. The first-order chi connectivity index (χ1) is 12.1. The molecule has 0 unspecified atom stereocenters. The van der Waals surface area contributed by atoms with E-state index in [2.05, 4.69) is 6.92 Å². The van der Waals surface area contributed by atoms with Gasteiger partial charge in [0.25, 0.3) is 5.91 Å². The lowest BCUT2D eigenvalue weighted by molar-refractivity contribution is -0.134. The summed E-state index contributed by atoms with van der Waals surface area (Å²) in [6.45, 7) is 5.44. The van der Waals surface area contributed by atoms with E-state index in [1.165, 1.54) is 12.8 Å². The van der Waals surface area contributed by atoms with Crippen LogP contribution in [-0.2, 0) is 4.79 Å². The lowest BCUT2D eigenvalue weighted by Crippen LogP contribution is -2.51. The van der Waals surface area contributed by atoms with Crippen molar-refractivity contribution < 1.29 is 14.3 Å². The Morgan fingerprint density at radius 1 is 1.04 bits per heavy atom. The van der Waals surface area contributed by atoms with Crippen molar-refractivity contribution in [3.05, 3.63) is 29.8 Å². The molecule has 1 aromatic carbocycles. The van der Waals surface area contributed by atoms with E-state index < -0.39 is 0 Å². The van der Waals surface area contributed by atoms with Gasteiger partial charge in [-0.1, -0.05) is 6.92 Å². The zero-order chi connectivity index (χ0) is 17.4. The Kier molecular flexibility index (Phi) is 4.40. The minimum absolute atomic E-state index is 0.0423. The maximum atomic E-state index is 12.6. The summed E-state index contributed by atoms with van der Waals surface area (Å²) in [4.78, 5) is 28.7. The molecule has 2 saturated carbocycles. The fraction of sp³-hybridized carbons (Fsp3) is 0.600. The molecule has 0 N–H and O–H groups in total. The summed E-state index contributed by atoms with van der Waals surface area (Å²) in [5.74, 6) is 2.63. The van der Waals surface area contributed by atoms with Crippen LogP contribution >= 0.6 is 0 Å². The number of nitrogens with zero attached hydrogens (tertiary/aromatic N) is 2. The van der Waals surface area contributed by atoms with Gasteiger partial charge in [0.1, 0.15) is 5.75 Å². The Morgan fingerprint density at radius 2 is 1.64 bits per heavy atom. The zero-order valence-electron chi connectivity index (χ0n) is 14.8. The average Bonchev–Trinajstić information content (AvgIpc) is 3.57. The highest BCUT2D eigenvalue weighted by Gasteiger charge is 2.42. The van der Waals surface area contributed by atoms with Crippen molar-refractivity contribution in [1.29, 1.82) is 0 Å². The minimum atomic E-state index is 0.0423. The van der Waals surface area contributed by atoms with Gasteiger partial charge in [0.05, 0.1) is 6.61 Å². The van der Waals surface area contributed by atoms with E-state index in [0.717, 1.165) is 24.7 Å². The molecule has 1 saturated heterocycles. The second-order valence-corrected chi connectivity index (χ2v) is 7.72. The Balaban J connectivity index is 1.28. The molecule has 3 fully saturated rings. The normalized spacial score (nSPS) is 25.6. The summed E-state index contributed by atoms with van der Waals surface area (Å²) < 4.78 is 5.72. The predicted molar refractivity (Wildman–Crippen MR) is 94.4 cm³/mol. The summed E-state index contributed by atoms with van der Waals surface area (Å²) in [6, 6.07) is 7.44. The molecule has 5 heteroatoms. The number of rotatable bonds is 5. The third-order valence-corrected chi connectivity index (χ3v) is 5.59. The fourth-order valence-electron chi connectivity index (χ4n) is 3.41. The Hall–Kier alpha value is -2.04. The molecule has 134 valence electrons. The van der Waals surface area contributed by atoms with Crippen LogP contribution in [0, 0.1) is 17.8 Å². The number of amides is 2. The third kappa shape index (κ3) is 3.80. The predicted octanol–water partition coefficient (Wildman–Crippen LogP) is 2.42. The molecule has 4 rings (SSSR count). The summed E-state index contributed by atoms with van der Waals surface area (Å²) in [5.41, 5.74) is 0.689. The van der Waals surface area contributed by atoms with E-state index in [0.29, 0.717) is 37.7 Å². The number of hydrogen-bond acceptors (Lipinski definition) is 3. The van der Waals surface area contributed by atoms with Crippen molar-refractivity contribution in [2.24, 2.45) is 17.8 Å². The number of hydrogen-bond donors (Lipinski definition) is 0. The van der Waals surface area contributed by atoms with Gasteiger partial charge in [0.15, 0.2) is 0 Å². The molecule has 0 radical (unpaired) electrons. The maximum absolute atomic E-state index is 12.6. The van der Waals surface area contributed by atoms with Crippen molar-refractivity contribution in [3.63, 3.8) is 0 Å². The molecule has 0 bridgehead atoms. The fourth-order valence-corrected chi connectivity index (χ4v) is 3.41. The molecular formula is C20H26N2O3. The maximum Gasteiger partial charge on any atom is 0.253 e. The highest BCUT2D eigenvalue weighted by molar-refractivity contribution is 5.94. The van der Waals surface area contributed by atoms with Gasteiger partial charge in [0, 0.05) is 37.7 Å². The summed E-state index contributed by atoms with van der Waals surface area (Å²) in [7, 11) is 0. The highest BCUT2D eigenvalue weighted by Crippen LogP contribution is 2.39. The molecule has 2 aliphatic carbocycles. The topological polar surface area (TPSA) is 49.9 Å². The Morgan fingerprint density at radius 3 is 2.20 bits per heavy atom. The quantitative estimate of drug-likeness (QED) is 0.826. The zero-order valence-corrected chi connectivity index (χ0v) is 14.8. The largest absolute Gasteiger partial charge is 0.493 e. The Bertz CT molecular complexity index is 645. The van der Waals surface area contributed by atoms with Crippen LogP contribution in [0.15, 0.2) is 24.3 Å². The van der Waals surface area contributed by atoms with E-state index in [4.69, 9.17) is 4.74 Å². The Labute approximate surface area is 148 Å². The second-order valence-electron chi connectivity index (χ2n) is 7.72. The first-order valence-electron chi connectivity index (χ1n) is 9.43. The van der Waals surface area contributed by atoms with Gasteiger partial charge in [0.2, 0.25) is 5.91 Å². The second kappa shape index (κ2) is 6.70. The van der Waals surface area contributed by atoms with Gasteiger partial charge < -0.3 is 14.5 Å². The first kappa shape index (κ1) is 16.4. The lowest BCUT2D eigenvalue weighted by Gasteiger charge is -2.35. The van der Waals surface area contributed by atoms with Gasteiger partial charge >= 0.3 is 0 Å². The average molecular weight is 342 g/mol. The summed E-state index contributed by atoms with van der Waals surface area (Å²) >= 11 is 0. The van der Waals surface area contributed by atoms with Gasteiger partial charge in [-0.25, -0.2) is 0 Å². The first-order valence-corrected chi connectivity index (χ1v) is 9.43.